The van der Waals surface area contributed by atoms with Crippen LogP contribution >= 0.6 is 0 Å². The third-order valence-electron chi connectivity index (χ3n) is 4.31. The lowest BCUT2D eigenvalue weighted by Gasteiger charge is -2.22. The fourth-order valence-electron chi connectivity index (χ4n) is 2.91. The van der Waals surface area contributed by atoms with Crippen LogP contribution < -0.4 is 16.2 Å². The molecule has 0 aliphatic carbocycles. The van der Waals surface area contributed by atoms with Crippen molar-refractivity contribution < 1.29 is 17.9 Å². The van der Waals surface area contributed by atoms with Crippen molar-refractivity contribution in [3.05, 3.63) is 30.6 Å². The van der Waals surface area contributed by atoms with Crippen molar-refractivity contribution in [2.45, 2.75) is 50.2 Å². The molecule has 0 unspecified atom stereocenters. The smallest absolute Gasteiger partial charge is 0.293 e. The molecule has 5 N–H and O–H groups in total. The van der Waals surface area contributed by atoms with Gasteiger partial charge < -0.3 is 15.8 Å². The van der Waals surface area contributed by atoms with E-state index in [9.17, 15) is 13.2 Å². The second-order valence-electron chi connectivity index (χ2n) is 7.82. The van der Waals surface area contributed by atoms with Gasteiger partial charge in [0.05, 0.1) is 17.1 Å². The molecular formula is C19H29N5O4S. The number of carbonyl (C=O) groups excluding carboxylic acids is 1. The number of hydrogen-bond donors (Lipinski definition) is 3. The van der Waals surface area contributed by atoms with Crippen LogP contribution in [0.5, 0.6) is 0 Å². The highest BCUT2D eigenvalue weighted by Crippen LogP contribution is 2.29. The molecule has 0 atom stereocenters. The zero-order chi connectivity index (χ0) is 21.7. The first-order chi connectivity index (χ1) is 13.5. The van der Waals surface area contributed by atoms with Gasteiger partial charge in [0.2, 0.25) is 10.0 Å². The first-order valence-corrected chi connectivity index (χ1v) is 10.8. The molecular weight excluding hydrogens is 394 g/mol. The Bertz CT molecular complexity index is 928. The molecule has 1 aromatic heterocycles. The average Bonchev–Trinajstić information content (AvgIpc) is 3.11. The number of piperidine rings is 1. The quantitative estimate of drug-likeness (QED) is 0.501. The molecule has 1 aliphatic rings. The van der Waals surface area contributed by atoms with Gasteiger partial charge in [-0.15, -0.1) is 0 Å². The SMILES string of the molecule is CC(C)(C)OC=O.Nc1ccc(-c2cnn(C3CCNCC3)c2)c(S(N)(=O)=O)c1. The fourth-order valence-corrected chi connectivity index (χ4v) is 3.70. The normalized spacial score (nSPS) is 15.3. The third kappa shape index (κ3) is 6.84. The Labute approximate surface area is 171 Å². The van der Waals surface area contributed by atoms with E-state index in [1.807, 2.05) is 31.6 Å². The highest BCUT2D eigenvalue weighted by molar-refractivity contribution is 7.89. The first kappa shape index (κ1) is 22.9. The van der Waals surface area contributed by atoms with Gasteiger partial charge in [-0.05, 0) is 58.8 Å². The molecule has 0 bridgehead atoms. The molecule has 1 fully saturated rings. The minimum Gasteiger partial charge on any atom is -0.462 e. The number of ether oxygens (including phenoxy) is 1. The number of nitrogens with two attached hydrogens (primary N) is 2. The van der Waals surface area contributed by atoms with Crippen molar-refractivity contribution in [2.75, 3.05) is 18.8 Å². The van der Waals surface area contributed by atoms with E-state index in [-0.39, 0.29) is 10.5 Å². The summed E-state index contributed by atoms with van der Waals surface area (Å²) in [5.41, 5.74) is 6.97. The van der Waals surface area contributed by atoms with Crippen molar-refractivity contribution in [2.24, 2.45) is 5.14 Å². The number of hydrogen-bond acceptors (Lipinski definition) is 7. The standard InChI is InChI=1S/C14H19N5O2S.C5H10O2/c15-11-1-2-13(14(7-11)22(16,20)21)10-8-18-19(9-10)12-3-5-17-6-4-12;1-5(2,3)7-4-6/h1-2,7-9,12,17H,3-6,15H2,(H2,16,20,21);4H,1-3H3. The number of primary sulfonamides is 1. The van der Waals surface area contributed by atoms with E-state index in [0.29, 0.717) is 23.8 Å². The maximum Gasteiger partial charge on any atom is 0.293 e. The lowest BCUT2D eigenvalue weighted by Crippen LogP contribution is -2.29. The Balaban J connectivity index is 0.000000370. The van der Waals surface area contributed by atoms with Crippen LogP contribution in [0.1, 0.15) is 39.7 Å². The molecule has 10 heteroatoms. The summed E-state index contributed by atoms with van der Waals surface area (Å²) >= 11 is 0. The maximum absolute atomic E-state index is 11.8. The summed E-state index contributed by atoms with van der Waals surface area (Å²) in [6, 6.07) is 5.04. The first-order valence-electron chi connectivity index (χ1n) is 9.30. The van der Waals surface area contributed by atoms with Crippen LogP contribution in [0.4, 0.5) is 5.69 Å². The predicted octanol–water partition coefficient (Wildman–Crippen LogP) is 1.66. The molecule has 2 aromatic rings. The van der Waals surface area contributed by atoms with Crippen molar-refractivity contribution >= 4 is 22.2 Å². The molecule has 0 spiro atoms. The largest absolute Gasteiger partial charge is 0.462 e. The lowest BCUT2D eigenvalue weighted by atomic mass is 10.1. The van der Waals surface area contributed by atoms with E-state index in [1.54, 1.807) is 18.3 Å². The van der Waals surface area contributed by atoms with Gasteiger partial charge >= 0.3 is 0 Å². The number of benzene rings is 1. The third-order valence-corrected chi connectivity index (χ3v) is 5.26. The van der Waals surface area contributed by atoms with E-state index in [2.05, 4.69) is 15.2 Å². The van der Waals surface area contributed by atoms with Crippen molar-refractivity contribution in [3.8, 4) is 11.1 Å². The Morgan fingerprint density at radius 2 is 1.93 bits per heavy atom. The van der Waals surface area contributed by atoms with Crippen LogP contribution in [0.15, 0.2) is 35.5 Å². The zero-order valence-corrected chi connectivity index (χ0v) is 17.8. The molecule has 1 saturated heterocycles. The van der Waals surface area contributed by atoms with Crippen LogP contribution in [-0.2, 0) is 19.6 Å². The number of carbonyl (C=O) groups is 1. The van der Waals surface area contributed by atoms with Gasteiger partial charge in [0.1, 0.15) is 5.60 Å². The molecule has 0 radical (unpaired) electrons. The van der Waals surface area contributed by atoms with Gasteiger partial charge in [-0.3, -0.25) is 9.48 Å². The predicted molar refractivity (Wildman–Crippen MR) is 111 cm³/mol. The number of rotatable bonds is 4. The second kappa shape index (κ2) is 9.38. The summed E-state index contributed by atoms with van der Waals surface area (Å²) in [6.45, 7) is 7.85. The number of nitrogens with one attached hydrogen (secondary N) is 1. The van der Waals surface area contributed by atoms with Gasteiger partial charge in [0, 0.05) is 23.0 Å². The van der Waals surface area contributed by atoms with Crippen LogP contribution in [0.2, 0.25) is 0 Å². The van der Waals surface area contributed by atoms with Gasteiger partial charge in [-0.1, -0.05) is 6.07 Å². The molecule has 29 heavy (non-hydrogen) atoms. The maximum atomic E-state index is 11.8. The Morgan fingerprint density at radius 3 is 2.45 bits per heavy atom. The summed E-state index contributed by atoms with van der Waals surface area (Å²) < 4.78 is 30.0. The minimum atomic E-state index is -3.85. The van der Waals surface area contributed by atoms with E-state index in [1.165, 1.54) is 6.07 Å². The van der Waals surface area contributed by atoms with Crippen molar-refractivity contribution in [3.63, 3.8) is 0 Å². The molecule has 0 saturated carbocycles. The van der Waals surface area contributed by atoms with E-state index < -0.39 is 10.0 Å². The summed E-state index contributed by atoms with van der Waals surface area (Å²) in [4.78, 5) is 9.62. The van der Waals surface area contributed by atoms with Gasteiger partial charge in [0.15, 0.2) is 0 Å². The zero-order valence-electron chi connectivity index (χ0n) is 17.0. The molecule has 160 valence electrons. The van der Waals surface area contributed by atoms with Crippen molar-refractivity contribution in [1.29, 1.82) is 0 Å². The molecule has 9 nitrogen and oxygen atoms in total. The van der Waals surface area contributed by atoms with Crippen LogP contribution in [0.25, 0.3) is 11.1 Å². The van der Waals surface area contributed by atoms with Gasteiger partial charge in [-0.2, -0.15) is 5.10 Å². The fraction of sp³-hybridized carbons (Fsp3) is 0.474. The Morgan fingerprint density at radius 1 is 1.28 bits per heavy atom. The van der Waals surface area contributed by atoms with Crippen LogP contribution in [-0.4, -0.2) is 43.4 Å². The summed E-state index contributed by atoms with van der Waals surface area (Å²) in [5, 5.41) is 13.0. The molecule has 0 amide bonds. The van der Waals surface area contributed by atoms with Gasteiger partial charge in [-0.25, -0.2) is 13.6 Å². The lowest BCUT2D eigenvalue weighted by molar-refractivity contribution is -0.138. The van der Waals surface area contributed by atoms with E-state index >= 15 is 0 Å². The van der Waals surface area contributed by atoms with Crippen molar-refractivity contribution in [1.82, 2.24) is 15.1 Å². The molecule has 1 aromatic carbocycles. The van der Waals surface area contributed by atoms with Crippen LogP contribution in [0.3, 0.4) is 0 Å². The Kier molecular flexibility index (Phi) is 7.39. The van der Waals surface area contributed by atoms with E-state index in [0.717, 1.165) is 31.5 Å². The highest BCUT2D eigenvalue weighted by Gasteiger charge is 2.19. The number of nitrogen functional groups attached to an aromatic ring is 1. The molecule has 3 rings (SSSR count). The topological polar surface area (TPSA) is 142 Å². The van der Waals surface area contributed by atoms with Crippen LogP contribution in [0, 0.1) is 0 Å². The molecule has 1 aliphatic heterocycles. The number of aromatic nitrogens is 2. The molecule has 2 heterocycles. The average molecular weight is 424 g/mol. The second-order valence-corrected chi connectivity index (χ2v) is 9.35. The minimum absolute atomic E-state index is 0.0253. The summed E-state index contributed by atoms with van der Waals surface area (Å²) in [7, 11) is -3.85. The summed E-state index contributed by atoms with van der Waals surface area (Å²) in [5.74, 6) is 0. The number of anilines is 1. The number of sulfonamides is 1. The monoisotopic (exact) mass is 423 g/mol. The summed E-state index contributed by atoms with van der Waals surface area (Å²) in [6.07, 6.45) is 5.55. The highest BCUT2D eigenvalue weighted by atomic mass is 32.2. The van der Waals surface area contributed by atoms with E-state index in [4.69, 9.17) is 10.9 Å². The number of nitrogens with zero attached hydrogens (tertiary/aromatic N) is 2. The van der Waals surface area contributed by atoms with Gasteiger partial charge in [0.25, 0.3) is 6.47 Å². The Hall–Kier alpha value is -2.43.